The van der Waals surface area contributed by atoms with Gasteiger partial charge in [-0.15, -0.1) is 0 Å². The average Bonchev–Trinajstić information content (AvgIpc) is 4.00. The molecule has 0 spiro atoms. The van der Waals surface area contributed by atoms with Gasteiger partial charge in [-0.3, -0.25) is 0 Å². The first kappa shape index (κ1) is 40.6. The summed E-state index contributed by atoms with van der Waals surface area (Å²) in [5, 5.41) is 9.53. The van der Waals surface area contributed by atoms with Crippen molar-refractivity contribution < 1.29 is 4.42 Å². The lowest BCUT2D eigenvalue weighted by atomic mass is 9.95. The van der Waals surface area contributed by atoms with Crippen molar-refractivity contribution in [3.63, 3.8) is 0 Å². The monoisotopic (exact) mass is 904 g/mol. The Hall–Kier alpha value is -9.44. The van der Waals surface area contributed by atoms with E-state index in [1.165, 1.54) is 54.7 Å². The van der Waals surface area contributed by atoms with Crippen LogP contribution >= 0.6 is 0 Å². The molecule has 2 aromatic heterocycles. The SMILES string of the molecule is c1cc(-c2ccc(N(c3ccc(-c4cccc(-n5c6ccccc6c6ccccc65)c4)cc3)c3ccccc3-c3ccc4oc5c6ccccc6ccc5c4c3)cc2)cc(-c2cccc3ccccc23)c1. The molecule has 0 amide bonds. The Bertz CT molecular complexity index is 4290. The number of furan rings is 1. The second-order valence-corrected chi connectivity index (χ2v) is 18.5. The van der Waals surface area contributed by atoms with Gasteiger partial charge in [-0.25, -0.2) is 0 Å². The van der Waals surface area contributed by atoms with Gasteiger partial charge in [-0.1, -0.05) is 188 Å². The molecule has 0 radical (unpaired) electrons. The van der Waals surface area contributed by atoms with Gasteiger partial charge in [0.2, 0.25) is 0 Å². The van der Waals surface area contributed by atoms with E-state index in [4.69, 9.17) is 4.42 Å². The van der Waals surface area contributed by atoms with E-state index < -0.39 is 0 Å². The van der Waals surface area contributed by atoms with Crippen LogP contribution in [0.15, 0.2) is 271 Å². The first-order valence-electron chi connectivity index (χ1n) is 24.3. The van der Waals surface area contributed by atoms with Gasteiger partial charge < -0.3 is 13.9 Å². The minimum Gasteiger partial charge on any atom is -0.455 e. The summed E-state index contributed by atoms with van der Waals surface area (Å²) in [5.41, 5.74) is 17.9. The van der Waals surface area contributed by atoms with Crippen LogP contribution in [0.5, 0.6) is 0 Å². The van der Waals surface area contributed by atoms with Crippen molar-refractivity contribution in [3.05, 3.63) is 267 Å². The Morgan fingerprint density at radius 3 is 1.55 bits per heavy atom. The lowest BCUT2D eigenvalue weighted by Crippen LogP contribution is -2.11. The largest absolute Gasteiger partial charge is 0.455 e. The number of para-hydroxylation sites is 3. The van der Waals surface area contributed by atoms with E-state index in [9.17, 15) is 0 Å². The van der Waals surface area contributed by atoms with Crippen LogP contribution in [0.4, 0.5) is 17.1 Å². The van der Waals surface area contributed by atoms with Gasteiger partial charge in [0.1, 0.15) is 11.2 Å². The summed E-state index contributed by atoms with van der Waals surface area (Å²) >= 11 is 0. The molecule has 12 aromatic carbocycles. The molecule has 0 bridgehead atoms. The fourth-order valence-electron chi connectivity index (χ4n) is 11.0. The number of nitrogens with zero attached hydrogens (tertiary/aromatic N) is 2. The van der Waals surface area contributed by atoms with Gasteiger partial charge >= 0.3 is 0 Å². The predicted molar refractivity (Wildman–Crippen MR) is 299 cm³/mol. The van der Waals surface area contributed by atoms with E-state index in [1.807, 2.05) is 0 Å². The summed E-state index contributed by atoms with van der Waals surface area (Å²) in [6, 6.07) is 96.7. The van der Waals surface area contributed by atoms with Crippen molar-refractivity contribution in [2.75, 3.05) is 4.90 Å². The van der Waals surface area contributed by atoms with Crippen LogP contribution in [-0.4, -0.2) is 4.57 Å². The summed E-state index contributed by atoms with van der Waals surface area (Å²) in [6.45, 7) is 0. The molecule has 0 aliphatic rings. The van der Waals surface area contributed by atoms with Crippen molar-refractivity contribution in [1.29, 1.82) is 0 Å². The van der Waals surface area contributed by atoms with Crippen LogP contribution in [0.1, 0.15) is 0 Å². The second kappa shape index (κ2) is 16.7. The third-order valence-electron chi connectivity index (χ3n) is 14.4. The molecule has 0 aliphatic carbocycles. The molecule has 0 unspecified atom stereocenters. The summed E-state index contributed by atoms with van der Waals surface area (Å²) < 4.78 is 8.96. The van der Waals surface area contributed by atoms with Crippen molar-refractivity contribution in [2.24, 2.45) is 0 Å². The van der Waals surface area contributed by atoms with Crippen molar-refractivity contribution in [3.8, 4) is 50.2 Å². The first-order chi connectivity index (χ1) is 35.2. The molecule has 71 heavy (non-hydrogen) atoms. The summed E-state index contributed by atoms with van der Waals surface area (Å²) in [6.07, 6.45) is 0. The zero-order valence-electron chi connectivity index (χ0n) is 38.7. The highest BCUT2D eigenvalue weighted by atomic mass is 16.3. The highest BCUT2D eigenvalue weighted by Crippen LogP contribution is 2.44. The topological polar surface area (TPSA) is 21.3 Å². The fraction of sp³-hybridized carbons (Fsp3) is 0. The lowest BCUT2D eigenvalue weighted by Gasteiger charge is -2.28. The summed E-state index contributed by atoms with van der Waals surface area (Å²) in [5.74, 6) is 0. The van der Waals surface area contributed by atoms with E-state index in [2.05, 4.69) is 276 Å². The fourth-order valence-corrected chi connectivity index (χ4v) is 11.0. The van der Waals surface area contributed by atoms with E-state index in [0.29, 0.717) is 0 Å². The Balaban J connectivity index is 0.876. The van der Waals surface area contributed by atoms with Crippen LogP contribution in [0, 0.1) is 0 Å². The maximum absolute atomic E-state index is 6.57. The van der Waals surface area contributed by atoms with Crippen molar-refractivity contribution in [2.45, 2.75) is 0 Å². The lowest BCUT2D eigenvalue weighted by molar-refractivity contribution is 0.672. The molecule has 0 fully saturated rings. The zero-order chi connectivity index (χ0) is 46.8. The maximum Gasteiger partial charge on any atom is 0.143 e. The van der Waals surface area contributed by atoms with E-state index in [1.54, 1.807) is 0 Å². The maximum atomic E-state index is 6.57. The molecule has 14 aromatic rings. The van der Waals surface area contributed by atoms with Crippen LogP contribution in [0.25, 0.3) is 115 Å². The predicted octanol–water partition coefficient (Wildman–Crippen LogP) is 19.1. The Kier molecular flexibility index (Phi) is 9.53. The molecule has 332 valence electrons. The molecule has 3 heteroatoms. The highest BCUT2D eigenvalue weighted by Gasteiger charge is 2.20. The molecule has 14 rings (SSSR count). The average molecular weight is 905 g/mol. The van der Waals surface area contributed by atoms with Crippen LogP contribution in [0.2, 0.25) is 0 Å². The minimum atomic E-state index is 0.882. The normalized spacial score (nSPS) is 11.7. The zero-order valence-corrected chi connectivity index (χ0v) is 38.7. The molecule has 0 N–H and O–H groups in total. The molecule has 0 saturated carbocycles. The Morgan fingerprint density at radius 2 is 0.817 bits per heavy atom. The van der Waals surface area contributed by atoms with Crippen LogP contribution in [0.3, 0.4) is 0 Å². The van der Waals surface area contributed by atoms with Gasteiger partial charge in [0.15, 0.2) is 0 Å². The van der Waals surface area contributed by atoms with Gasteiger partial charge in [-0.2, -0.15) is 0 Å². The molecule has 2 heterocycles. The number of anilines is 3. The standard InChI is InChI=1S/C68H44N2O/c1-3-21-56-47(14-1)16-13-26-57(56)51-19-11-17-49(42-51)45-30-36-53(37-31-45)69(64-27-8-5-22-58(64)52-35-41-67-63(44-52)62-40-34-48-15-2-4-23-59(48)68(62)71-67)54-38-32-46(33-39-54)50-18-12-20-55(43-50)70-65-28-9-6-24-60(65)61-25-7-10-29-66(61)70/h1-44H. The molecule has 0 atom stereocenters. The molecular formula is C68H44N2O. The molecule has 3 nitrogen and oxygen atoms in total. The Morgan fingerprint density at radius 1 is 0.296 bits per heavy atom. The van der Waals surface area contributed by atoms with Gasteiger partial charge in [-0.05, 0) is 134 Å². The highest BCUT2D eigenvalue weighted by molar-refractivity contribution is 6.16. The molecule has 0 aliphatic heterocycles. The quantitative estimate of drug-likeness (QED) is 0.151. The number of hydrogen-bond donors (Lipinski definition) is 0. The van der Waals surface area contributed by atoms with Gasteiger partial charge in [0, 0.05) is 49.6 Å². The van der Waals surface area contributed by atoms with Gasteiger partial charge in [0.25, 0.3) is 0 Å². The molecule has 0 saturated heterocycles. The van der Waals surface area contributed by atoms with Crippen LogP contribution < -0.4 is 4.90 Å². The van der Waals surface area contributed by atoms with E-state index in [0.717, 1.165) is 77.9 Å². The Labute approximate surface area is 411 Å². The number of fused-ring (bicyclic) bond motifs is 9. The second-order valence-electron chi connectivity index (χ2n) is 18.5. The summed E-state index contributed by atoms with van der Waals surface area (Å²) in [4.78, 5) is 2.40. The number of benzene rings is 12. The third-order valence-corrected chi connectivity index (χ3v) is 14.4. The minimum absolute atomic E-state index is 0.882. The van der Waals surface area contributed by atoms with Crippen molar-refractivity contribution >= 4 is 82.4 Å². The van der Waals surface area contributed by atoms with Gasteiger partial charge in [0.05, 0.1) is 16.7 Å². The number of hydrogen-bond acceptors (Lipinski definition) is 2. The number of rotatable bonds is 8. The third kappa shape index (κ3) is 6.89. The number of aromatic nitrogens is 1. The molecular weight excluding hydrogens is 861 g/mol. The smallest absolute Gasteiger partial charge is 0.143 e. The van der Waals surface area contributed by atoms with Crippen molar-refractivity contribution in [1.82, 2.24) is 4.57 Å². The van der Waals surface area contributed by atoms with E-state index >= 15 is 0 Å². The van der Waals surface area contributed by atoms with E-state index in [-0.39, 0.29) is 0 Å². The summed E-state index contributed by atoms with van der Waals surface area (Å²) in [7, 11) is 0. The first-order valence-corrected chi connectivity index (χ1v) is 24.3. The van der Waals surface area contributed by atoms with Crippen LogP contribution in [-0.2, 0) is 0 Å².